The van der Waals surface area contributed by atoms with Crippen LogP contribution in [0.5, 0.6) is 5.75 Å². The quantitative estimate of drug-likeness (QED) is 0.437. The number of carbonyl (C=O) groups excluding carboxylic acids is 1. The van der Waals surface area contributed by atoms with Crippen LogP contribution in [0.3, 0.4) is 0 Å². The summed E-state index contributed by atoms with van der Waals surface area (Å²) in [4.78, 5) is 27.8. The Balaban J connectivity index is 1.54. The van der Waals surface area contributed by atoms with Crippen LogP contribution in [0, 0.1) is 5.82 Å². The number of nitrogens with zero attached hydrogens (tertiary/aromatic N) is 6. The predicted molar refractivity (Wildman–Crippen MR) is 131 cm³/mol. The maximum Gasteiger partial charge on any atom is 0.233 e. The van der Waals surface area contributed by atoms with Crippen molar-refractivity contribution in [2.24, 2.45) is 0 Å². The summed E-state index contributed by atoms with van der Waals surface area (Å²) < 4.78 is 23.2. The van der Waals surface area contributed by atoms with Gasteiger partial charge in [-0.1, -0.05) is 13.8 Å². The van der Waals surface area contributed by atoms with E-state index in [0.29, 0.717) is 60.8 Å². The number of anilines is 1. The van der Waals surface area contributed by atoms with Crippen molar-refractivity contribution in [3.63, 3.8) is 0 Å². The topological polar surface area (TPSA) is 104 Å². The van der Waals surface area contributed by atoms with E-state index in [1.807, 2.05) is 17.2 Å². The Labute approximate surface area is 202 Å². The van der Waals surface area contributed by atoms with Gasteiger partial charge in [0.15, 0.2) is 23.0 Å². The lowest BCUT2D eigenvalue weighted by molar-refractivity contribution is -0.121. The molecule has 0 aromatic carbocycles. The van der Waals surface area contributed by atoms with Crippen molar-refractivity contribution in [2.75, 3.05) is 51.8 Å². The van der Waals surface area contributed by atoms with Gasteiger partial charge in [0.05, 0.1) is 31.1 Å². The lowest BCUT2D eigenvalue weighted by atomic mass is 9.96. The molecule has 0 bridgehead atoms. The van der Waals surface area contributed by atoms with Crippen molar-refractivity contribution < 1.29 is 13.9 Å². The molecule has 1 fully saturated rings. The number of nitrogens with one attached hydrogen (secondary N) is 2. The zero-order valence-corrected chi connectivity index (χ0v) is 20.3. The molecule has 0 aliphatic carbocycles. The van der Waals surface area contributed by atoms with Gasteiger partial charge in [-0.25, -0.2) is 18.9 Å². The molecule has 1 aliphatic heterocycles. The molecule has 2 N–H and O–H groups in total. The number of rotatable bonds is 6. The van der Waals surface area contributed by atoms with Gasteiger partial charge in [-0.05, 0) is 17.5 Å². The van der Waals surface area contributed by atoms with Crippen LogP contribution in [0.4, 0.5) is 10.2 Å². The minimum absolute atomic E-state index is 0.0219. The molecular formula is C24H29FN8O2. The molecule has 0 unspecified atom stereocenters. The van der Waals surface area contributed by atoms with E-state index >= 15 is 4.39 Å². The molecule has 1 saturated heterocycles. The van der Waals surface area contributed by atoms with Gasteiger partial charge >= 0.3 is 0 Å². The molecule has 184 valence electrons. The molecule has 4 aromatic heterocycles. The molecule has 5 rings (SSSR count). The summed E-state index contributed by atoms with van der Waals surface area (Å²) in [6.07, 6.45) is 5.03. The Morgan fingerprint density at radius 1 is 1.26 bits per heavy atom. The highest BCUT2D eigenvalue weighted by atomic mass is 19.1. The highest BCUT2D eigenvalue weighted by Crippen LogP contribution is 2.39. The van der Waals surface area contributed by atoms with Crippen LogP contribution in [0.2, 0.25) is 0 Å². The van der Waals surface area contributed by atoms with E-state index in [0.717, 1.165) is 16.8 Å². The van der Waals surface area contributed by atoms with E-state index in [4.69, 9.17) is 4.74 Å². The second-order valence-corrected chi connectivity index (χ2v) is 9.01. The number of ether oxygens (including phenoxy) is 1. The number of fused-ring (bicyclic) bond motifs is 2. The van der Waals surface area contributed by atoms with Crippen molar-refractivity contribution in [2.45, 2.75) is 19.8 Å². The van der Waals surface area contributed by atoms with Gasteiger partial charge in [-0.15, -0.1) is 0 Å². The third kappa shape index (κ3) is 4.05. The number of H-pyrrole nitrogens is 1. The molecule has 0 saturated carbocycles. The fourth-order valence-electron chi connectivity index (χ4n) is 4.77. The molecule has 35 heavy (non-hydrogen) atoms. The van der Waals surface area contributed by atoms with Gasteiger partial charge in [0, 0.05) is 50.4 Å². The Kier molecular flexibility index (Phi) is 6.01. The smallest absolute Gasteiger partial charge is 0.233 e. The summed E-state index contributed by atoms with van der Waals surface area (Å²) in [6, 6.07) is 1.89. The van der Waals surface area contributed by atoms with Crippen LogP contribution < -0.4 is 15.0 Å². The maximum atomic E-state index is 16.1. The van der Waals surface area contributed by atoms with E-state index in [1.165, 1.54) is 6.33 Å². The van der Waals surface area contributed by atoms with Crippen LogP contribution >= 0.6 is 0 Å². The lowest BCUT2D eigenvalue weighted by Crippen LogP contribution is -2.49. The van der Waals surface area contributed by atoms with Gasteiger partial charge in [0.2, 0.25) is 5.91 Å². The number of aromatic amines is 1. The van der Waals surface area contributed by atoms with Crippen LogP contribution in [0.1, 0.15) is 25.3 Å². The molecule has 10 nitrogen and oxygen atoms in total. The molecule has 0 radical (unpaired) electrons. The first kappa shape index (κ1) is 23.0. The normalized spacial score (nSPS) is 14.9. The fourth-order valence-corrected chi connectivity index (χ4v) is 4.77. The zero-order chi connectivity index (χ0) is 24.7. The molecule has 4 aromatic rings. The SMILES string of the molecule is CNC(=O)CN1CCN(c2ncc3[nH]c(-c4cc(OC)c5ncnn5c4)c(C(C)C)c3c2F)CC1. The van der Waals surface area contributed by atoms with E-state index < -0.39 is 0 Å². The highest BCUT2D eigenvalue weighted by molar-refractivity contribution is 5.93. The van der Waals surface area contributed by atoms with Crippen LogP contribution in [-0.2, 0) is 4.79 Å². The Hall–Kier alpha value is -3.73. The average Bonchev–Trinajstić information content (AvgIpc) is 3.49. The zero-order valence-electron chi connectivity index (χ0n) is 20.3. The summed E-state index contributed by atoms with van der Waals surface area (Å²) in [5.74, 6) is 0.620. The monoisotopic (exact) mass is 480 g/mol. The number of aromatic nitrogens is 5. The van der Waals surface area contributed by atoms with E-state index in [1.54, 1.807) is 24.9 Å². The molecule has 0 atom stereocenters. The summed E-state index contributed by atoms with van der Waals surface area (Å²) in [5.41, 5.74) is 3.76. The number of halogens is 1. The number of hydrogen-bond donors (Lipinski definition) is 2. The molecule has 1 amide bonds. The van der Waals surface area contributed by atoms with Crippen molar-refractivity contribution >= 4 is 28.3 Å². The third-order valence-electron chi connectivity index (χ3n) is 6.54. The first-order valence-electron chi connectivity index (χ1n) is 11.7. The first-order chi connectivity index (χ1) is 16.9. The molecule has 1 aliphatic rings. The predicted octanol–water partition coefficient (Wildman–Crippen LogP) is 2.41. The number of carbonyl (C=O) groups is 1. The minimum atomic E-state index is -0.331. The molecule has 11 heteroatoms. The number of methoxy groups -OCH3 is 1. The van der Waals surface area contributed by atoms with Crippen molar-refractivity contribution in [1.82, 2.24) is 34.8 Å². The molecule has 5 heterocycles. The maximum absolute atomic E-state index is 16.1. The number of amides is 1. The number of piperazine rings is 1. The van der Waals surface area contributed by atoms with Crippen LogP contribution in [0.15, 0.2) is 24.8 Å². The second-order valence-electron chi connectivity index (χ2n) is 9.01. The van der Waals surface area contributed by atoms with Crippen LogP contribution in [0.25, 0.3) is 27.8 Å². The first-order valence-corrected chi connectivity index (χ1v) is 11.7. The van der Waals surface area contributed by atoms with Gasteiger partial charge in [-0.2, -0.15) is 5.10 Å². The van der Waals surface area contributed by atoms with Gasteiger partial charge < -0.3 is 19.9 Å². The highest BCUT2D eigenvalue weighted by Gasteiger charge is 2.27. The summed E-state index contributed by atoms with van der Waals surface area (Å²) in [7, 11) is 3.22. The van der Waals surface area contributed by atoms with E-state index in [9.17, 15) is 4.79 Å². The van der Waals surface area contributed by atoms with Crippen LogP contribution in [-0.4, -0.2) is 82.3 Å². The van der Waals surface area contributed by atoms with Gasteiger partial charge in [-0.3, -0.25) is 9.69 Å². The lowest BCUT2D eigenvalue weighted by Gasteiger charge is -2.35. The summed E-state index contributed by atoms with van der Waals surface area (Å²) in [6.45, 7) is 6.97. The van der Waals surface area contributed by atoms with E-state index in [2.05, 4.69) is 44.1 Å². The summed E-state index contributed by atoms with van der Waals surface area (Å²) in [5, 5.41) is 7.45. The van der Waals surface area contributed by atoms with Crippen molar-refractivity contribution in [3.8, 4) is 17.0 Å². The average molecular weight is 481 g/mol. The Morgan fingerprint density at radius 2 is 2.03 bits per heavy atom. The van der Waals surface area contributed by atoms with Gasteiger partial charge in [0.25, 0.3) is 0 Å². The number of pyridine rings is 2. The summed E-state index contributed by atoms with van der Waals surface area (Å²) >= 11 is 0. The van der Waals surface area contributed by atoms with Crippen molar-refractivity contribution in [1.29, 1.82) is 0 Å². The minimum Gasteiger partial charge on any atom is -0.493 e. The fraction of sp³-hybridized carbons (Fsp3) is 0.417. The molecule has 0 spiro atoms. The Morgan fingerprint density at radius 3 is 2.71 bits per heavy atom. The number of likely N-dealkylation sites (N-methyl/N-ethyl adjacent to an activating group) is 1. The third-order valence-corrected chi connectivity index (χ3v) is 6.54. The van der Waals surface area contributed by atoms with Gasteiger partial charge in [0.1, 0.15) is 6.33 Å². The standard InChI is InChI=1S/C24H29FN8O2/c1-14(2)19-20-16(30-22(19)15-9-17(35-4)23-28-13-29-33(23)11-15)10-27-24(21(20)25)32-7-5-31(6-8-32)12-18(34)26-3/h9-11,13-14,30H,5-8,12H2,1-4H3,(H,26,34). The largest absolute Gasteiger partial charge is 0.493 e. The van der Waals surface area contributed by atoms with Crippen molar-refractivity contribution in [3.05, 3.63) is 36.2 Å². The second kappa shape index (κ2) is 9.14. The Bertz CT molecular complexity index is 1390. The van der Waals surface area contributed by atoms with E-state index in [-0.39, 0.29) is 17.6 Å². The number of hydrogen-bond acceptors (Lipinski definition) is 7. The molecular weight excluding hydrogens is 451 g/mol.